The van der Waals surface area contributed by atoms with Gasteiger partial charge in [0.1, 0.15) is 0 Å². The molecule has 1 aliphatic rings. The average molecular weight is 265 g/mol. The van der Waals surface area contributed by atoms with Gasteiger partial charge in [0.2, 0.25) is 0 Å². The van der Waals surface area contributed by atoms with E-state index in [0.717, 1.165) is 31.7 Å². The number of nitrogens with one attached hydrogen (secondary N) is 1. The first kappa shape index (κ1) is 13.3. The lowest BCUT2D eigenvalue weighted by atomic mass is 10.2. The number of likely N-dealkylation sites (tertiary alicyclic amines) is 1. The third-order valence-electron chi connectivity index (χ3n) is 3.22. The number of hydrogen-bond acceptors (Lipinski definition) is 4. The van der Waals surface area contributed by atoms with Gasteiger partial charge in [-0.25, -0.2) is 0 Å². The Bertz CT molecular complexity index is 544. The Morgan fingerprint density at radius 3 is 2.47 bits per heavy atom. The molecule has 0 unspecified atom stereocenters. The minimum absolute atomic E-state index is 0.160. The Labute approximate surface area is 109 Å². The summed E-state index contributed by atoms with van der Waals surface area (Å²) in [5, 5.41) is 10.7. The first-order valence-electron chi connectivity index (χ1n) is 6.26. The van der Waals surface area contributed by atoms with Crippen LogP contribution in [-0.4, -0.2) is 33.8 Å². The van der Waals surface area contributed by atoms with Crippen molar-refractivity contribution in [3.05, 3.63) is 38.3 Å². The fraction of sp³-hybridized carbons (Fsp3) is 0.500. The van der Waals surface area contributed by atoms with Crippen molar-refractivity contribution >= 4 is 11.6 Å². The molecule has 1 saturated heterocycles. The van der Waals surface area contributed by atoms with Gasteiger partial charge in [0, 0.05) is 25.4 Å². The molecule has 2 rings (SSSR count). The summed E-state index contributed by atoms with van der Waals surface area (Å²) in [5.41, 5.74) is -1.23. The molecule has 1 aromatic heterocycles. The summed E-state index contributed by atoms with van der Waals surface area (Å²) in [4.78, 5) is 37.3. The number of rotatable bonds is 2. The average Bonchev–Trinajstić information content (AvgIpc) is 2.67. The van der Waals surface area contributed by atoms with Crippen LogP contribution < -0.4 is 5.56 Å². The Balaban J connectivity index is 2.25. The Morgan fingerprint density at radius 1 is 1.26 bits per heavy atom. The van der Waals surface area contributed by atoms with Crippen molar-refractivity contribution in [1.29, 1.82) is 0 Å². The fourth-order valence-electron chi connectivity index (χ4n) is 2.19. The van der Waals surface area contributed by atoms with Crippen LogP contribution in [0.1, 0.15) is 36.0 Å². The number of carbonyl (C=O) groups is 1. The van der Waals surface area contributed by atoms with Crippen molar-refractivity contribution in [3.63, 3.8) is 0 Å². The molecular formula is C12H15N3O4. The van der Waals surface area contributed by atoms with E-state index in [2.05, 4.69) is 4.98 Å². The van der Waals surface area contributed by atoms with Crippen LogP contribution in [0.5, 0.6) is 0 Å². The van der Waals surface area contributed by atoms with E-state index < -0.39 is 16.2 Å². The topological polar surface area (TPSA) is 96.3 Å². The van der Waals surface area contributed by atoms with E-state index in [0.29, 0.717) is 13.1 Å². The quantitative estimate of drug-likeness (QED) is 0.643. The van der Waals surface area contributed by atoms with E-state index in [1.54, 1.807) is 4.90 Å². The van der Waals surface area contributed by atoms with Crippen molar-refractivity contribution in [2.24, 2.45) is 0 Å². The number of aromatic amines is 1. The minimum Gasteiger partial charge on any atom is -0.339 e. The monoisotopic (exact) mass is 265 g/mol. The largest absolute Gasteiger partial charge is 0.339 e. The lowest BCUT2D eigenvalue weighted by Gasteiger charge is -2.19. The molecule has 0 radical (unpaired) electrons. The number of nitrogens with zero attached hydrogens (tertiary/aromatic N) is 2. The lowest BCUT2D eigenvalue weighted by molar-refractivity contribution is -0.386. The van der Waals surface area contributed by atoms with Crippen LogP contribution in [0.4, 0.5) is 5.69 Å². The van der Waals surface area contributed by atoms with Crippen LogP contribution in [0.15, 0.2) is 17.1 Å². The first-order chi connectivity index (χ1) is 9.09. The number of carbonyl (C=O) groups excluding carboxylic acids is 1. The summed E-state index contributed by atoms with van der Waals surface area (Å²) < 4.78 is 0. The van der Waals surface area contributed by atoms with Gasteiger partial charge >= 0.3 is 11.2 Å². The minimum atomic E-state index is -0.794. The Kier molecular flexibility index (Phi) is 3.94. The smallest absolute Gasteiger partial charge is 0.334 e. The van der Waals surface area contributed by atoms with E-state index >= 15 is 0 Å². The van der Waals surface area contributed by atoms with Crippen LogP contribution in [0.25, 0.3) is 0 Å². The van der Waals surface area contributed by atoms with Crippen molar-refractivity contribution in [3.8, 4) is 0 Å². The highest BCUT2D eigenvalue weighted by molar-refractivity contribution is 5.94. The Hall–Kier alpha value is -2.18. The molecule has 2 heterocycles. The highest BCUT2D eigenvalue weighted by Gasteiger charge is 2.21. The summed E-state index contributed by atoms with van der Waals surface area (Å²) in [7, 11) is 0. The fourth-order valence-corrected chi connectivity index (χ4v) is 2.19. The van der Waals surface area contributed by atoms with E-state index in [9.17, 15) is 19.7 Å². The Morgan fingerprint density at radius 2 is 1.89 bits per heavy atom. The summed E-state index contributed by atoms with van der Waals surface area (Å²) in [6.45, 7) is 1.32. The molecule has 1 N–H and O–H groups in total. The van der Waals surface area contributed by atoms with Crippen LogP contribution in [-0.2, 0) is 0 Å². The molecule has 1 aliphatic heterocycles. The molecule has 19 heavy (non-hydrogen) atoms. The van der Waals surface area contributed by atoms with Gasteiger partial charge in [-0.2, -0.15) is 0 Å². The number of pyridine rings is 1. The van der Waals surface area contributed by atoms with Gasteiger partial charge in [0.25, 0.3) is 5.91 Å². The maximum absolute atomic E-state index is 12.2. The molecule has 7 heteroatoms. The van der Waals surface area contributed by atoms with Crippen molar-refractivity contribution in [2.45, 2.75) is 25.7 Å². The summed E-state index contributed by atoms with van der Waals surface area (Å²) >= 11 is 0. The van der Waals surface area contributed by atoms with Gasteiger partial charge in [0.05, 0.1) is 10.5 Å². The van der Waals surface area contributed by atoms with Crippen LogP contribution in [0.3, 0.4) is 0 Å². The molecule has 102 valence electrons. The van der Waals surface area contributed by atoms with E-state index in [1.165, 1.54) is 6.20 Å². The van der Waals surface area contributed by atoms with Crippen molar-refractivity contribution in [1.82, 2.24) is 9.88 Å². The molecule has 0 spiro atoms. The maximum Gasteiger partial charge on any atom is 0.334 e. The molecule has 0 aliphatic carbocycles. The van der Waals surface area contributed by atoms with Gasteiger partial charge in [-0.15, -0.1) is 0 Å². The van der Waals surface area contributed by atoms with E-state index in [-0.39, 0.29) is 11.5 Å². The van der Waals surface area contributed by atoms with Crippen LogP contribution in [0, 0.1) is 10.1 Å². The van der Waals surface area contributed by atoms with Crippen molar-refractivity contribution in [2.75, 3.05) is 13.1 Å². The van der Waals surface area contributed by atoms with Crippen molar-refractivity contribution < 1.29 is 9.72 Å². The predicted octanol–water partition coefficient (Wildman–Crippen LogP) is 1.30. The molecule has 7 nitrogen and oxygen atoms in total. The molecule has 1 aromatic rings. The third kappa shape index (κ3) is 2.98. The van der Waals surface area contributed by atoms with E-state index in [4.69, 9.17) is 0 Å². The lowest BCUT2D eigenvalue weighted by Crippen LogP contribution is -2.32. The molecule has 0 aromatic carbocycles. The number of nitro groups is 1. The molecule has 0 saturated carbocycles. The van der Waals surface area contributed by atoms with Gasteiger partial charge in [-0.3, -0.25) is 19.7 Å². The number of hydrogen-bond donors (Lipinski definition) is 1. The number of H-pyrrole nitrogens is 1. The SMILES string of the molecule is O=C(c1c[nH]c(=O)c([N+](=O)[O-])c1)N1CCCCCC1. The molecule has 0 atom stereocenters. The summed E-state index contributed by atoms with van der Waals surface area (Å²) in [5.74, 6) is -0.263. The van der Waals surface area contributed by atoms with Crippen LogP contribution in [0.2, 0.25) is 0 Å². The van der Waals surface area contributed by atoms with Gasteiger partial charge in [0.15, 0.2) is 0 Å². The maximum atomic E-state index is 12.2. The second-order valence-electron chi connectivity index (χ2n) is 4.57. The van der Waals surface area contributed by atoms with Gasteiger partial charge in [-0.1, -0.05) is 12.8 Å². The van der Waals surface area contributed by atoms with Gasteiger partial charge in [-0.05, 0) is 12.8 Å². The number of aromatic nitrogens is 1. The summed E-state index contributed by atoms with van der Waals surface area (Å²) in [6.07, 6.45) is 5.31. The zero-order valence-electron chi connectivity index (χ0n) is 10.4. The summed E-state index contributed by atoms with van der Waals surface area (Å²) in [6, 6.07) is 1.05. The van der Waals surface area contributed by atoms with E-state index in [1.807, 2.05) is 0 Å². The molecule has 1 amide bonds. The second kappa shape index (κ2) is 5.64. The standard InChI is InChI=1S/C12H15N3O4/c16-11-10(15(18)19)7-9(8-13-11)12(17)14-5-3-1-2-4-6-14/h7-8H,1-6H2,(H,13,16). The zero-order valence-corrected chi connectivity index (χ0v) is 10.4. The van der Waals surface area contributed by atoms with Crippen LogP contribution >= 0.6 is 0 Å². The van der Waals surface area contributed by atoms with Gasteiger partial charge < -0.3 is 9.88 Å². The number of amides is 1. The third-order valence-corrected chi connectivity index (χ3v) is 3.22. The molecule has 1 fully saturated rings. The molecular weight excluding hydrogens is 250 g/mol. The highest BCUT2D eigenvalue weighted by atomic mass is 16.6. The first-order valence-corrected chi connectivity index (χ1v) is 6.26. The normalized spacial score (nSPS) is 15.9. The second-order valence-corrected chi connectivity index (χ2v) is 4.57. The zero-order chi connectivity index (χ0) is 13.8. The predicted molar refractivity (Wildman–Crippen MR) is 68.1 cm³/mol. The highest BCUT2D eigenvalue weighted by Crippen LogP contribution is 2.14. The molecule has 0 bridgehead atoms.